The monoisotopic (exact) mass is 419 g/mol. The lowest BCUT2D eigenvalue weighted by Gasteiger charge is -2.35. The van der Waals surface area contributed by atoms with Crippen LogP contribution in [0.25, 0.3) is 10.9 Å². The molecule has 150 valence electrons. The first-order valence-corrected chi connectivity index (χ1v) is 11.7. The predicted octanol–water partition coefficient (Wildman–Crippen LogP) is 4.30. The molecule has 0 bridgehead atoms. The normalized spacial score (nSPS) is 15.0. The third kappa shape index (κ3) is 4.72. The molecule has 6 nitrogen and oxygen atoms in total. The minimum Gasteiger partial charge on any atom is -0.444 e. The van der Waals surface area contributed by atoms with Crippen LogP contribution in [-0.4, -0.2) is 64.8 Å². The highest BCUT2D eigenvalue weighted by Gasteiger charge is 2.28. The van der Waals surface area contributed by atoms with E-state index in [1.165, 1.54) is 0 Å². The predicted molar refractivity (Wildman–Crippen MR) is 115 cm³/mol. The van der Waals surface area contributed by atoms with Gasteiger partial charge in [0.2, 0.25) is 0 Å². The summed E-state index contributed by atoms with van der Waals surface area (Å²) < 4.78 is 5.42. The maximum atomic E-state index is 13.1. The fourth-order valence-electron chi connectivity index (χ4n) is 3.08. The van der Waals surface area contributed by atoms with E-state index in [4.69, 9.17) is 4.74 Å². The Morgan fingerprint density at radius 1 is 1.07 bits per heavy atom. The summed E-state index contributed by atoms with van der Waals surface area (Å²) in [6.45, 7) is 7.46. The van der Waals surface area contributed by atoms with E-state index in [0.717, 1.165) is 15.8 Å². The van der Waals surface area contributed by atoms with Gasteiger partial charge in [0.25, 0.3) is 5.91 Å². The molecule has 0 radical (unpaired) electrons. The molecule has 1 saturated heterocycles. The van der Waals surface area contributed by atoms with E-state index in [1.807, 2.05) is 51.3 Å². The van der Waals surface area contributed by atoms with E-state index in [1.54, 1.807) is 37.6 Å². The number of amides is 2. The Balaban J connectivity index is 1.74. The van der Waals surface area contributed by atoms with Gasteiger partial charge in [-0.05, 0) is 45.2 Å². The van der Waals surface area contributed by atoms with Crippen LogP contribution in [0.4, 0.5) is 4.79 Å². The fourth-order valence-corrected chi connectivity index (χ4v) is 4.57. The van der Waals surface area contributed by atoms with E-state index in [9.17, 15) is 9.59 Å². The molecular weight excluding hydrogens is 394 g/mol. The van der Waals surface area contributed by atoms with E-state index >= 15 is 0 Å². The zero-order valence-corrected chi connectivity index (χ0v) is 18.2. The lowest BCUT2D eigenvalue weighted by atomic mass is 10.1. The number of nitrogens with zero attached hydrogens (tertiary/aromatic N) is 3. The lowest BCUT2D eigenvalue weighted by Crippen LogP contribution is -2.51. The number of ether oxygens (including phenoxy) is 1. The number of hydrogen-bond donors (Lipinski definition) is 0. The standard InChI is InChI=1S/C20H25N3O3S2/c1-20(2,3)26-19(25)23-12-10-22(11-13-23)18(24)15-7-8-16(28-27-4)17-14(15)6-5-9-21-17/h5-9H,10-13H2,1-4H3. The summed E-state index contributed by atoms with van der Waals surface area (Å²) in [5.41, 5.74) is 0.978. The Bertz CT molecular complexity index is 875. The number of carbonyl (C=O) groups is 2. The van der Waals surface area contributed by atoms with Crippen molar-refractivity contribution in [3.05, 3.63) is 36.0 Å². The van der Waals surface area contributed by atoms with Crippen molar-refractivity contribution in [2.24, 2.45) is 0 Å². The highest BCUT2D eigenvalue weighted by molar-refractivity contribution is 8.76. The van der Waals surface area contributed by atoms with Crippen molar-refractivity contribution in [3.8, 4) is 0 Å². The van der Waals surface area contributed by atoms with Gasteiger partial charge in [0.1, 0.15) is 5.60 Å². The summed E-state index contributed by atoms with van der Waals surface area (Å²) in [6, 6.07) is 7.63. The number of carbonyl (C=O) groups excluding carboxylic acids is 2. The first-order chi connectivity index (χ1) is 13.3. The molecule has 1 aromatic carbocycles. The number of aromatic nitrogens is 1. The molecule has 2 heterocycles. The maximum Gasteiger partial charge on any atom is 0.410 e. The Labute approximate surface area is 173 Å². The Morgan fingerprint density at radius 2 is 1.75 bits per heavy atom. The minimum absolute atomic E-state index is 0.0254. The number of benzene rings is 1. The molecule has 0 unspecified atom stereocenters. The van der Waals surface area contributed by atoms with Crippen molar-refractivity contribution in [3.63, 3.8) is 0 Å². The molecule has 0 aliphatic carbocycles. The van der Waals surface area contributed by atoms with Crippen molar-refractivity contribution >= 4 is 44.5 Å². The Kier molecular flexibility index (Phi) is 6.40. The second kappa shape index (κ2) is 8.61. The van der Waals surface area contributed by atoms with Gasteiger partial charge >= 0.3 is 6.09 Å². The molecule has 1 aliphatic heterocycles. The average molecular weight is 420 g/mol. The van der Waals surface area contributed by atoms with Gasteiger partial charge in [-0.2, -0.15) is 0 Å². The van der Waals surface area contributed by atoms with Crippen LogP contribution in [0.5, 0.6) is 0 Å². The number of rotatable bonds is 3. The fraction of sp³-hybridized carbons (Fsp3) is 0.450. The summed E-state index contributed by atoms with van der Waals surface area (Å²) >= 11 is 0. The minimum atomic E-state index is -0.521. The van der Waals surface area contributed by atoms with Crippen molar-refractivity contribution in [1.29, 1.82) is 0 Å². The van der Waals surface area contributed by atoms with E-state index < -0.39 is 5.60 Å². The Hall–Kier alpha value is -1.93. The van der Waals surface area contributed by atoms with Crippen molar-refractivity contribution in [2.75, 3.05) is 32.4 Å². The summed E-state index contributed by atoms with van der Waals surface area (Å²) in [5, 5.41) is 0.862. The Morgan fingerprint density at radius 3 is 2.39 bits per heavy atom. The molecule has 0 atom stereocenters. The molecule has 28 heavy (non-hydrogen) atoms. The van der Waals surface area contributed by atoms with Crippen LogP contribution in [0.1, 0.15) is 31.1 Å². The first kappa shape index (κ1) is 20.8. The van der Waals surface area contributed by atoms with Gasteiger partial charge in [0.05, 0.1) is 5.52 Å². The highest BCUT2D eigenvalue weighted by atomic mass is 33.1. The van der Waals surface area contributed by atoms with E-state index in [0.29, 0.717) is 31.7 Å². The second-order valence-electron chi connectivity index (χ2n) is 7.52. The third-order valence-corrected chi connectivity index (χ3v) is 6.07. The van der Waals surface area contributed by atoms with Gasteiger partial charge in [-0.25, -0.2) is 4.79 Å². The average Bonchev–Trinajstić information content (AvgIpc) is 2.67. The van der Waals surface area contributed by atoms with Crippen LogP contribution in [0.3, 0.4) is 0 Å². The second-order valence-corrected chi connectivity index (χ2v) is 9.96. The molecule has 0 spiro atoms. The topological polar surface area (TPSA) is 62.7 Å². The molecule has 1 aliphatic rings. The smallest absolute Gasteiger partial charge is 0.410 e. The molecule has 0 N–H and O–H groups in total. The number of piperazine rings is 1. The zero-order valence-electron chi connectivity index (χ0n) is 16.6. The lowest BCUT2D eigenvalue weighted by molar-refractivity contribution is 0.0141. The molecule has 3 rings (SSSR count). The van der Waals surface area contributed by atoms with Gasteiger partial charge in [0, 0.05) is 48.2 Å². The van der Waals surface area contributed by atoms with Gasteiger partial charge in [-0.1, -0.05) is 27.7 Å². The van der Waals surface area contributed by atoms with Gasteiger partial charge in [-0.15, -0.1) is 0 Å². The highest BCUT2D eigenvalue weighted by Crippen LogP contribution is 2.35. The van der Waals surface area contributed by atoms with Crippen LogP contribution >= 0.6 is 21.6 Å². The molecular formula is C20H25N3O3S2. The third-order valence-electron chi connectivity index (χ3n) is 4.35. The first-order valence-electron chi connectivity index (χ1n) is 9.16. The molecule has 2 amide bonds. The van der Waals surface area contributed by atoms with Crippen LogP contribution < -0.4 is 0 Å². The summed E-state index contributed by atoms with van der Waals surface area (Å²) in [6.07, 6.45) is 3.44. The summed E-state index contributed by atoms with van der Waals surface area (Å²) in [4.78, 5) is 34.3. The van der Waals surface area contributed by atoms with Crippen LogP contribution in [-0.2, 0) is 4.74 Å². The van der Waals surface area contributed by atoms with E-state index in [2.05, 4.69) is 4.98 Å². The SMILES string of the molecule is CSSc1ccc(C(=O)N2CCN(C(=O)OC(C)(C)C)CC2)c2cccnc12. The van der Waals surface area contributed by atoms with Crippen LogP contribution in [0.2, 0.25) is 0 Å². The molecule has 8 heteroatoms. The molecule has 1 fully saturated rings. The molecule has 2 aromatic rings. The number of hydrogen-bond acceptors (Lipinski definition) is 6. The van der Waals surface area contributed by atoms with Gasteiger partial charge < -0.3 is 14.5 Å². The summed E-state index contributed by atoms with van der Waals surface area (Å²) in [5.74, 6) is -0.0254. The summed E-state index contributed by atoms with van der Waals surface area (Å²) in [7, 11) is 3.29. The maximum absolute atomic E-state index is 13.1. The molecule has 0 saturated carbocycles. The van der Waals surface area contributed by atoms with Crippen molar-refractivity contribution in [2.45, 2.75) is 31.3 Å². The largest absolute Gasteiger partial charge is 0.444 e. The number of fused-ring (bicyclic) bond motifs is 1. The quantitative estimate of drug-likeness (QED) is 0.692. The van der Waals surface area contributed by atoms with Gasteiger partial charge in [0.15, 0.2) is 0 Å². The van der Waals surface area contributed by atoms with Crippen molar-refractivity contribution < 1.29 is 14.3 Å². The zero-order chi connectivity index (χ0) is 20.3. The van der Waals surface area contributed by atoms with Gasteiger partial charge in [-0.3, -0.25) is 9.78 Å². The van der Waals surface area contributed by atoms with Crippen LogP contribution in [0.15, 0.2) is 35.4 Å². The molecule has 1 aromatic heterocycles. The van der Waals surface area contributed by atoms with Crippen molar-refractivity contribution in [1.82, 2.24) is 14.8 Å². The van der Waals surface area contributed by atoms with E-state index in [-0.39, 0.29) is 12.0 Å². The number of pyridine rings is 1. The van der Waals surface area contributed by atoms with Crippen LogP contribution in [0, 0.1) is 0 Å².